The molecule has 2 rings (SSSR count). The first-order chi connectivity index (χ1) is 9.70. The quantitative estimate of drug-likeness (QED) is 0.854. The average Bonchev–Trinajstić information content (AvgIpc) is 2.46. The van der Waals surface area contributed by atoms with E-state index in [2.05, 4.69) is 12.2 Å². The van der Waals surface area contributed by atoms with Crippen molar-refractivity contribution in [2.24, 2.45) is 0 Å². The van der Waals surface area contributed by atoms with Gasteiger partial charge in [-0.05, 0) is 55.5 Å². The summed E-state index contributed by atoms with van der Waals surface area (Å²) in [4.78, 5) is 0. The van der Waals surface area contributed by atoms with Gasteiger partial charge >= 0.3 is 0 Å². The van der Waals surface area contributed by atoms with Crippen molar-refractivity contribution >= 4 is 11.6 Å². The third kappa shape index (κ3) is 4.22. The molecule has 0 spiro atoms. The molecule has 0 amide bonds. The van der Waals surface area contributed by atoms with Crippen LogP contribution in [-0.4, -0.2) is 19.2 Å². The molecule has 1 atom stereocenters. The number of benzene rings is 1. The van der Waals surface area contributed by atoms with Crippen LogP contribution in [-0.2, 0) is 11.2 Å². The minimum atomic E-state index is -0.294. The smallest absolute Gasteiger partial charge is 0.124 e. The Morgan fingerprint density at radius 2 is 2.30 bits per heavy atom. The van der Waals surface area contributed by atoms with Gasteiger partial charge in [0.25, 0.3) is 0 Å². The minimum Gasteiger partial charge on any atom is -0.501 e. The zero-order valence-corrected chi connectivity index (χ0v) is 12.5. The second kappa shape index (κ2) is 7.65. The van der Waals surface area contributed by atoms with Gasteiger partial charge in [0.1, 0.15) is 5.82 Å². The molecule has 0 saturated heterocycles. The Kier molecular flexibility index (Phi) is 5.86. The molecular formula is C16H21ClFNO. The first-order valence-corrected chi connectivity index (χ1v) is 7.56. The fraction of sp³-hybridized carbons (Fsp3) is 0.500. The van der Waals surface area contributed by atoms with Crippen molar-refractivity contribution < 1.29 is 9.13 Å². The van der Waals surface area contributed by atoms with Gasteiger partial charge in [-0.25, -0.2) is 4.39 Å². The molecule has 0 bridgehead atoms. The fourth-order valence-electron chi connectivity index (χ4n) is 2.40. The molecule has 4 heteroatoms. The van der Waals surface area contributed by atoms with Gasteiger partial charge in [0, 0.05) is 11.1 Å². The van der Waals surface area contributed by atoms with E-state index in [-0.39, 0.29) is 11.9 Å². The van der Waals surface area contributed by atoms with Crippen molar-refractivity contribution in [1.29, 1.82) is 0 Å². The topological polar surface area (TPSA) is 21.3 Å². The summed E-state index contributed by atoms with van der Waals surface area (Å²) in [6, 6.07) is 4.81. The van der Waals surface area contributed by atoms with E-state index in [4.69, 9.17) is 16.3 Å². The molecular weight excluding hydrogens is 277 g/mol. The highest BCUT2D eigenvalue weighted by Gasteiger charge is 2.18. The molecule has 0 aliphatic carbocycles. The molecule has 0 saturated carbocycles. The monoisotopic (exact) mass is 297 g/mol. The van der Waals surface area contributed by atoms with E-state index in [0.29, 0.717) is 5.02 Å². The van der Waals surface area contributed by atoms with E-state index in [1.807, 2.05) is 6.26 Å². The fourth-order valence-corrected chi connectivity index (χ4v) is 2.65. The first-order valence-electron chi connectivity index (χ1n) is 7.18. The Balaban J connectivity index is 2.12. The zero-order chi connectivity index (χ0) is 14.4. The summed E-state index contributed by atoms with van der Waals surface area (Å²) in [5, 5.41) is 4.02. The molecule has 0 fully saturated rings. The zero-order valence-electron chi connectivity index (χ0n) is 11.8. The molecule has 0 radical (unpaired) electrons. The van der Waals surface area contributed by atoms with Crippen molar-refractivity contribution in [2.45, 2.75) is 38.6 Å². The van der Waals surface area contributed by atoms with E-state index >= 15 is 0 Å². The lowest BCUT2D eigenvalue weighted by atomic mass is 9.95. The maximum atomic E-state index is 13.1. The summed E-state index contributed by atoms with van der Waals surface area (Å²) in [6.07, 6.45) is 5.79. The van der Waals surface area contributed by atoms with Gasteiger partial charge < -0.3 is 10.1 Å². The maximum Gasteiger partial charge on any atom is 0.124 e. The van der Waals surface area contributed by atoms with E-state index in [1.165, 1.54) is 17.7 Å². The number of halogens is 2. The van der Waals surface area contributed by atoms with Crippen molar-refractivity contribution in [3.63, 3.8) is 0 Å². The summed E-state index contributed by atoms with van der Waals surface area (Å²) in [6.45, 7) is 3.88. The van der Waals surface area contributed by atoms with Gasteiger partial charge in [-0.3, -0.25) is 0 Å². The van der Waals surface area contributed by atoms with E-state index < -0.39 is 0 Å². The van der Waals surface area contributed by atoms with Crippen molar-refractivity contribution in [3.05, 3.63) is 46.4 Å². The molecule has 2 nitrogen and oxygen atoms in total. The highest BCUT2D eigenvalue weighted by Crippen LogP contribution is 2.23. The third-order valence-electron chi connectivity index (χ3n) is 3.49. The molecule has 1 aromatic rings. The van der Waals surface area contributed by atoms with E-state index in [0.717, 1.165) is 44.4 Å². The Labute approximate surface area is 125 Å². The molecule has 1 N–H and O–H groups in total. The Bertz CT molecular complexity index is 476. The Hall–Kier alpha value is -1.06. The van der Waals surface area contributed by atoms with E-state index in [1.54, 1.807) is 6.07 Å². The molecule has 0 aromatic heterocycles. The lowest BCUT2D eigenvalue weighted by Crippen LogP contribution is -2.34. The highest BCUT2D eigenvalue weighted by molar-refractivity contribution is 6.31. The largest absolute Gasteiger partial charge is 0.501 e. The van der Waals surface area contributed by atoms with Crippen LogP contribution in [0.5, 0.6) is 0 Å². The van der Waals surface area contributed by atoms with Crippen LogP contribution in [0.1, 0.15) is 31.7 Å². The van der Waals surface area contributed by atoms with Crippen molar-refractivity contribution in [3.8, 4) is 0 Å². The van der Waals surface area contributed by atoms with Crippen LogP contribution in [0.25, 0.3) is 0 Å². The SMILES string of the molecule is CCCNC(Cc1ccc(F)cc1Cl)C1=COCCC1. The van der Waals surface area contributed by atoms with Crippen LogP contribution in [0.4, 0.5) is 4.39 Å². The standard InChI is InChI=1S/C16H21ClFNO/c1-2-7-19-16(13-4-3-8-20-11-13)9-12-5-6-14(18)10-15(12)17/h5-6,10-11,16,19H,2-4,7-9H2,1H3. The van der Waals surface area contributed by atoms with Crippen LogP contribution in [0, 0.1) is 5.82 Å². The van der Waals surface area contributed by atoms with Crippen LogP contribution in [0.15, 0.2) is 30.0 Å². The van der Waals surface area contributed by atoms with Gasteiger partial charge in [-0.1, -0.05) is 24.6 Å². The first kappa shape index (κ1) is 15.3. The second-order valence-corrected chi connectivity index (χ2v) is 5.52. The number of nitrogens with one attached hydrogen (secondary N) is 1. The van der Waals surface area contributed by atoms with Crippen LogP contribution < -0.4 is 5.32 Å². The third-order valence-corrected chi connectivity index (χ3v) is 3.84. The highest BCUT2D eigenvalue weighted by atomic mass is 35.5. The molecule has 1 heterocycles. The average molecular weight is 298 g/mol. The minimum absolute atomic E-state index is 0.207. The number of hydrogen-bond acceptors (Lipinski definition) is 2. The van der Waals surface area contributed by atoms with Crippen LogP contribution in [0.2, 0.25) is 5.02 Å². The molecule has 1 aromatic carbocycles. The summed E-state index contributed by atoms with van der Waals surface area (Å²) >= 11 is 6.13. The van der Waals surface area contributed by atoms with Gasteiger partial charge in [-0.15, -0.1) is 0 Å². The summed E-state index contributed by atoms with van der Waals surface area (Å²) in [5.41, 5.74) is 2.23. The van der Waals surface area contributed by atoms with Gasteiger partial charge in [-0.2, -0.15) is 0 Å². The number of rotatable bonds is 6. The Morgan fingerprint density at radius 3 is 2.95 bits per heavy atom. The Morgan fingerprint density at radius 1 is 1.45 bits per heavy atom. The van der Waals surface area contributed by atoms with Crippen molar-refractivity contribution in [2.75, 3.05) is 13.2 Å². The molecule has 20 heavy (non-hydrogen) atoms. The molecule has 110 valence electrons. The molecule has 1 aliphatic rings. The van der Waals surface area contributed by atoms with Gasteiger partial charge in [0.15, 0.2) is 0 Å². The number of hydrogen-bond donors (Lipinski definition) is 1. The second-order valence-electron chi connectivity index (χ2n) is 5.11. The predicted molar refractivity (Wildman–Crippen MR) is 80.5 cm³/mol. The summed E-state index contributed by atoms with van der Waals surface area (Å²) < 4.78 is 18.5. The lowest BCUT2D eigenvalue weighted by molar-refractivity contribution is 0.219. The molecule has 1 unspecified atom stereocenters. The predicted octanol–water partition coefficient (Wildman–Crippen LogP) is 4.08. The van der Waals surface area contributed by atoms with Crippen LogP contribution >= 0.6 is 11.6 Å². The summed E-state index contributed by atoms with van der Waals surface area (Å²) in [7, 11) is 0. The van der Waals surface area contributed by atoms with Crippen molar-refractivity contribution in [1.82, 2.24) is 5.32 Å². The maximum absolute atomic E-state index is 13.1. The number of ether oxygens (including phenoxy) is 1. The van der Waals surface area contributed by atoms with Gasteiger partial charge in [0.05, 0.1) is 12.9 Å². The summed E-state index contributed by atoms with van der Waals surface area (Å²) in [5.74, 6) is -0.294. The van der Waals surface area contributed by atoms with E-state index in [9.17, 15) is 4.39 Å². The lowest BCUT2D eigenvalue weighted by Gasteiger charge is -2.25. The van der Waals surface area contributed by atoms with Gasteiger partial charge in [0.2, 0.25) is 0 Å². The normalized spacial score (nSPS) is 16.4. The van der Waals surface area contributed by atoms with Crippen LogP contribution in [0.3, 0.4) is 0 Å². The molecule has 1 aliphatic heterocycles.